The van der Waals surface area contributed by atoms with Gasteiger partial charge in [0.2, 0.25) is 5.89 Å². The number of rotatable bonds is 4. The highest BCUT2D eigenvalue weighted by Gasteiger charge is 2.23. The third-order valence-electron chi connectivity index (χ3n) is 4.72. The second kappa shape index (κ2) is 7.72. The van der Waals surface area contributed by atoms with E-state index in [1.54, 1.807) is 18.3 Å². The molecular weight excluding hydrogens is 345 g/mol. The van der Waals surface area contributed by atoms with Crippen molar-refractivity contribution in [3.63, 3.8) is 0 Å². The first kappa shape index (κ1) is 17.4. The predicted molar refractivity (Wildman–Crippen MR) is 99.5 cm³/mol. The maximum Gasteiger partial charge on any atom is 0.253 e. The molecule has 1 amide bonds. The quantitative estimate of drug-likeness (QED) is 0.711. The minimum Gasteiger partial charge on any atom is -0.439 e. The molecule has 138 valence electrons. The van der Waals surface area contributed by atoms with Crippen LogP contribution in [0.25, 0.3) is 11.3 Å². The van der Waals surface area contributed by atoms with Crippen molar-refractivity contribution in [2.75, 3.05) is 26.2 Å². The van der Waals surface area contributed by atoms with E-state index in [2.05, 4.69) is 9.88 Å². The summed E-state index contributed by atoms with van der Waals surface area (Å²) in [7, 11) is 0. The first-order chi connectivity index (χ1) is 13.2. The maximum absolute atomic E-state index is 13.0. The Bertz CT molecular complexity index is 901. The number of amides is 1. The number of carbonyl (C=O) groups is 1. The zero-order valence-corrected chi connectivity index (χ0v) is 14.8. The molecule has 4 rings (SSSR count). The van der Waals surface area contributed by atoms with E-state index in [1.165, 1.54) is 12.1 Å². The van der Waals surface area contributed by atoms with Gasteiger partial charge in [0.1, 0.15) is 5.82 Å². The second-order valence-corrected chi connectivity index (χ2v) is 6.56. The molecule has 5 nitrogen and oxygen atoms in total. The number of hydrogen-bond donors (Lipinski definition) is 0. The van der Waals surface area contributed by atoms with Crippen LogP contribution in [-0.4, -0.2) is 46.9 Å². The molecule has 1 fully saturated rings. The van der Waals surface area contributed by atoms with Gasteiger partial charge in [-0.2, -0.15) is 0 Å². The molecule has 27 heavy (non-hydrogen) atoms. The monoisotopic (exact) mass is 365 g/mol. The van der Waals surface area contributed by atoms with Crippen LogP contribution < -0.4 is 0 Å². The van der Waals surface area contributed by atoms with E-state index in [-0.39, 0.29) is 11.7 Å². The predicted octanol–water partition coefficient (Wildman–Crippen LogP) is 3.44. The minimum absolute atomic E-state index is 0.0740. The van der Waals surface area contributed by atoms with Gasteiger partial charge in [-0.15, -0.1) is 0 Å². The highest BCUT2D eigenvalue weighted by molar-refractivity contribution is 5.94. The van der Waals surface area contributed by atoms with Gasteiger partial charge in [-0.1, -0.05) is 18.2 Å². The van der Waals surface area contributed by atoms with Gasteiger partial charge < -0.3 is 9.32 Å². The smallest absolute Gasteiger partial charge is 0.253 e. The van der Waals surface area contributed by atoms with Crippen LogP contribution in [-0.2, 0) is 6.54 Å². The van der Waals surface area contributed by atoms with Gasteiger partial charge in [0.15, 0.2) is 5.76 Å². The molecule has 0 bridgehead atoms. The van der Waals surface area contributed by atoms with E-state index in [1.807, 2.05) is 35.2 Å². The highest BCUT2D eigenvalue weighted by atomic mass is 19.1. The molecule has 0 unspecified atom stereocenters. The lowest BCUT2D eigenvalue weighted by Crippen LogP contribution is -2.48. The van der Waals surface area contributed by atoms with E-state index in [9.17, 15) is 9.18 Å². The zero-order valence-electron chi connectivity index (χ0n) is 14.8. The molecule has 2 heterocycles. The summed E-state index contributed by atoms with van der Waals surface area (Å²) in [5.74, 6) is 1.05. The van der Waals surface area contributed by atoms with Crippen LogP contribution in [0, 0.1) is 5.82 Å². The van der Waals surface area contributed by atoms with Gasteiger partial charge in [0.05, 0.1) is 12.7 Å². The molecule has 1 aliphatic rings. The first-order valence-electron chi connectivity index (χ1n) is 8.96. The van der Waals surface area contributed by atoms with E-state index in [0.29, 0.717) is 31.3 Å². The van der Waals surface area contributed by atoms with Crippen molar-refractivity contribution in [1.82, 2.24) is 14.8 Å². The fourth-order valence-electron chi connectivity index (χ4n) is 3.19. The van der Waals surface area contributed by atoms with E-state index >= 15 is 0 Å². The van der Waals surface area contributed by atoms with Crippen molar-refractivity contribution in [2.45, 2.75) is 6.54 Å². The summed E-state index contributed by atoms with van der Waals surface area (Å²) in [6.45, 7) is 3.49. The largest absolute Gasteiger partial charge is 0.439 e. The Labute approximate surface area is 157 Å². The summed E-state index contributed by atoms with van der Waals surface area (Å²) in [5, 5.41) is 0. The van der Waals surface area contributed by atoms with Crippen LogP contribution in [0.15, 0.2) is 65.2 Å². The average Bonchev–Trinajstić information content (AvgIpc) is 3.18. The van der Waals surface area contributed by atoms with Crippen molar-refractivity contribution < 1.29 is 13.6 Å². The molecule has 6 heteroatoms. The summed E-state index contributed by atoms with van der Waals surface area (Å²) in [6.07, 6.45) is 1.66. The Kier molecular flexibility index (Phi) is 4.98. The molecule has 1 aromatic heterocycles. The molecule has 3 aromatic rings. The molecular formula is C21H20FN3O2. The number of oxazole rings is 1. The molecule has 0 spiro atoms. The Hall–Kier alpha value is -2.99. The summed E-state index contributed by atoms with van der Waals surface area (Å²) in [4.78, 5) is 20.9. The number of hydrogen-bond acceptors (Lipinski definition) is 4. The third kappa shape index (κ3) is 4.06. The maximum atomic E-state index is 13.0. The Morgan fingerprint density at radius 1 is 1.00 bits per heavy atom. The third-order valence-corrected chi connectivity index (χ3v) is 4.72. The number of nitrogens with zero attached hydrogens (tertiary/aromatic N) is 3. The van der Waals surface area contributed by atoms with Gasteiger partial charge in [-0.3, -0.25) is 9.69 Å². The van der Waals surface area contributed by atoms with Crippen LogP contribution in [0.3, 0.4) is 0 Å². The lowest BCUT2D eigenvalue weighted by atomic mass is 10.2. The normalized spacial score (nSPS) is 15.1. The summed E-state index contributed by atoms with van der Waals surface area (Å²) >= 11 is 0. The van der Waals surface area contributed by atoms with Crippen molar-refractivity contribution in [3.05, 3.63) is 78.1 Å². The SMILES string of the molecule is O=C(c1ccccc1)N1CCN(Cc2ncc(-c3ccc(F)cc3)o2)CC1. The summed E-state index contributed by atoms with van der Waals surface area (Å²) < 4.78 is 18.8. The lowest BCUT2D eigenvalue weighted by molar-refractivity contribution is 0.0618. The topological polar surface area (TPSA) is 49.6 Å². The molecule has 2 aromatic carbocycles. The second-order valence-electron chi connectivity index (χ2n) is 6.56. The van der Waals surface area contributed by atoms with Crippen molar-refractivity contribution in [3.8, 4) is 11.3 Å². The summed E-state index contributed by atoms with van der Waals surface area (Å²) in [5.41, 5.74) is 1.52. The Morgan fingerprint density at radius 2 is 1.70 bits per heavy atom. The van der Waals surface area contributed by atoms with Crippen LogP contribution in [0.4, 0.5) is 4.39 Å². The minimum atomic E-state index is -0.276. The van der Waals surface area contributed by atoms with Gasteiger partial charge in [0.25, 0.3) is 5.91 Å². The van der Waals surface area contributed by atoms with Crippen molar-refractivity contribution in [1.29, 1.82) is 0 Å². The molecule has 0 saturated carbocycles. The van der Waals surface area contributed by atoms with Crippen molar-refractivity contribution >= 4 is 5.91 Å². The van der Waals surface area contributed by atoms with Crippen LogP contribution in [0.1, 0.15) is 16.2 Å². The Morgan fingerprint density at radius 3 is 2.41 bits per heavy atom. The van der Waals surface area contributed by atoms with E-state index in [0.717, 1.165) is 24.2 Å². The first-order valence-corrected chi connectivity index (χ1v) is 8.96. The standard InChI is InChI=1S/C21H20FN3O2/c22-18-8-6-16(7-9-18)19-14-23-20(27-19)15-24-10-12-25(13-11-24)21(26)17-4-2-1-3-5-17/h1-9,14H,10-13,15H2. The fraction of sp³-hybridized carbons (Fsp3) is 0.238. The fourth-order valence-corrected chi connectivity index (χ4v) is 3.19. The van der Waals surface area contributed by atoms with E-state index in [4.69, 9.17) is 4.42 Å². The number of halogens is 1. The van der Waals surface area contributed by atoms with Gasteiger partial charge in [0, 0.05) is 37.3 Å². The van der Waals surface area contributed by atoms with Crippen molar-refractivity contribution in [2.24, 2.45) is 0 Å². The molecule has 1 aliphatic heterocycles. The molecule has 0 atom stereocenters. The average molecular weight is 365 g/mol. The van der Waals surface area contributed by atoms with Gasteiger partial charge in [-0.25, -0.2) is 9.37 Å². The molecule has 0 N–H and O–H groups in total. The number of piperazine rings is 1. The molecule has 0 aliphatic carbocycles. The van der Waals surface area contributed by atoms with Crippen LogP contribution >= 0.6 is 0 Å². The van der Waals surface area contributed by atoms with Gasteiger partial charge in [-0.05, 0) is 36.4 Å². The lowest BCUT2D eigenvalue weighted by Gasteiger charge is -2.34. The number of aromatic nitrogens is 1. The van der Waals surface area contributed by atoms with E-state index < -0.39 is 0 Å². The highest BCUT2D eigenvalue weighted by Crippen LogP contribution is 2.21. The summed E-state index contributed by atoms with van der Waals surface area (Å²) in [6, 6.07) is 15.5. The number of carbonyl (C=O) groups excluding carboxylic acids is 1. The van der Waals surface area contributed by atoms with Gasteiger partial charge >= 0.3 is 0 Å². The molecule has 1 saturated heterocycles. The Balaban J connectivity index is 1.33. The molecule has 0 radical (unpaired) electrons. The van der Waals surface area contributed by atoms with Crippen LogP contribution in [0.2, 0.25) is 0 Å². The number of benzene rings is 2. The zero-order chi connectivity index (χ0) is 18.6. The van der Waals surface area contributed by atoms with Crippen LogP contribution in [0.5, 0.6) is 0 Å².